The largest absolute Gasteiger partial charge is 0.489 e. The van der Waals surface area contributed by atoms with Crippen LogP contribution in [0.15, 0.2) is 24.8 Å². The van der Waals surface area contributed by atoms with Crippen molar-refractivity contribution in [2.24, 2.45) is 0 Å². The molecule has 0 spiro atoms. The van der Waals surface area contributed by atoms with E-state index in [2.05, 4.69) is 16.5 Å². The fourth-order valence-corrected chi connectivity index (χ4v) is 8.32. The number of halogens is 7. The molecule has 4 aromatic rings. The second-order valence-corrected chi connectivity index (χ2v) is 13.3. The summed E-state index contributed by atoms with van der Waals surface area (Å²) >= 11 is 7.62. The van der Waals surface area contributed by atoms with E-state index in [1.165, 1.54) is 12.1 Å². The number of alkyl halides is 4. The molecular formula is C31H25ClF6N6O2S. The molecule has 0 amide bonds. The molecular weight excluding hydrogens is 670 g/mol. The van der Waals surface area contributed by atoms with E-state index in [1.54, 1.807) is 0 Å². The van der Waals surface area contributed by atoms with Gasteiger partial charge in [-0.1, -0.05) is 23.7 Å². The van der Waals surface area contributed by atoms with E-state index in [4.69, 9.17) is 26.8 Å². The Bertz CT molecular complexity index is 2000. The van der Waals surface area contributed by atoms with Crippen molar-refractivity contribution in [2.45, 2.75) is 43.2 Å². The molecule has 2 aromatic heterocycles. The lowest BCUT2D eigenvalue weighted by atomic mass is 9.95. The summed E-state index contributed by atoms with van der Waals surface area (Å²) in [6.07, 6.45) is -2.92. The standard InChI is InChI=1S/C31H25ClF6N6O2S/c1-2-15-11-45-25-21-24(23(35)20(22(25)32)16-4-5-18(34)26-19(16)17(9-39)27(40)47-26)41-29(42-28(21)44(15)12-31(36,37)38)46-13-30-6-3-7-43(30)10-14(33)8-30/h2,4-5,14-15H,1,3,6-8,10-13,40H2/t14-,15+,30+/m1/s1. The lowest BCUT2D eigenvalue weighted by Gasteiger charge is -2.31. The van der Waals surface area contributed by atoms with Gasteiger partial charge in [-0.3, -0.25) is 4.90 Å². The van der Waals surface area contributed by atoms with Crippen LogP contribution in [0.5, 0.6) is 11.8 Å². The van der Waals surface area contributed by atoms with Crippen molar-refractivity contribution < 1.29 is 35.8 Å². The number of thiophene rings is 1. The van der Waals surface area contributed by atoms with Crippen LogP contribution in [-0.2, 0) is 0 Å². The topological polar surface area (TPSA) is 101 Å². The fourth-order valence-electron chi connectivity index (χ4n) is 7.03. The van der Waals surface area contributed by atoms with Crippen LogP contribution < -0.4 is 20.1 Å². The number of nitrogen functional groups attached to an aromatic ring is 1. The number of benzene rings is 2. The van der Waals surface area contributed by atoms with Crippen LogP contribution in [0.25, 0.3) is 32.1 Å². The minimum Gasteiger partial charge on any atom is -0.489 e. The van der Waals surface area contributed by atoms with Crippen LogP contribution in [-0.4, -0.2) is 71.6 Å². The van der Waals surface area contributed by atoms with E-state index in [-0.39, 0.29) is 79.9 Å². The van der Waals surface area contributed by atoms with E-state index in [9.17, 15) is 27.2 Å². The molecule has 2 N–H and O–H groups in total. The highest BCUT2D eigenvalue weighted by Gasteiger charge is 2.49. The van der Waals surface area contributed by atoms with Gasteiger partial charge in [-0.2, -0.15) is 28.4 Å². The molecule has 47 heavy (non-hydrogen) atoms. The third kappa shape index (κ3) is 5.08. The lowest BCUT2D eigenvalue weighted by Crippen LogP contribution is -2.44. The van der Waals surface area contributed by atoms with Gasteiger partial charge < -0.3 is 20.1 Å². The summed E-state index contributed by atoms with van der Waals surface area (Å²) in [5, 5.41) is 9.25. The van der Waals surface area contributed by atoms with Crippen molar-refractivity contribution in [3.63, 3.8) is 0 Å². The molecule has 7 rings (SSSR count). The summed E-state index contributed by atoms with van der Waals surface area (Å²) in [6.45, 7) is 2.60. The zero-order valence-electron chi connectivity index (χ0n) is 24.4. The van der Waals surface area contributed by atoms with Gasteiger partial charge in [-0.05, 0) is 31.0 Å². The zero-order valence-corrected chi connectivity index (χ0v) is 26.0. The number of anilines is 2. The number of ether oxygens (including phenoxy) is 2. The summed E-state index contributed by atoms with van der Waals surface area (Å²) < 4.78 is 100. The minimum atomic E-state index is -4.72. The van der Waals surface area contributed by atoms with E-state index >= 15 is 4.39 Å². The predicted octanol–water partition coefficient (Wildman–Crippen LogP) is 7.17. The number of nitrogens with zero attached hydrogens (tertiary/aromatic N) is 5. The Morgan fingerprint density at radius 3 is 2.79 bits per heavy atom. The Kier molecular flexibility index (Phi) is 7.60. The van der Waals surface area contributed by atoms with E-state index in [0.717, 1.165) is 28.7 Å². The Morgan fingerprint density at radius 2 is 2.06 bits per heavy atom. The molecule has 3 aliphatic rings. The van der Waals surface area contributed by atoms with Gasteiger partial charge >= 0.3 is 12.2 Å². The summed E-state index contributed by atoms with van der Waals surface area (Å²) in [5.74, 6) is -2.37. The summed E-state index contributed by atoms with van der Waals surface area (Å²) in [7, 11) is 0. The average Bonchev–Trinajstić information content (AvgIpc) is 3.63. The first-order valence-electron chi connectivity index (χ1n) is 14.6. The average molecular weight is 695 g/mol. The molecule has 2 fully saturated rings. The van der Waals surface area contributed by atoms with Crippen LogP contribution >= 0.6 is 22.9 Å². The van der Waals surface area contributed by atoms with Gasteiger partial charge in [0.05, 0.1) is 32.3 Å². The summed E-state index contributed by atoms with van der Waals surface area (Å²) in [5.41, 5.74) is 4.43. The molecule has 0 saturated carbocycles. The van der Waals surface area contributed by atoms with E-state index < -0.39 is 53.6 Å². The quantitative estimate of drug-likeness (QED) is 0.168. The molecule has 5 heterocycles. The minimum absolute atomic E-state index is 0.000219. The Labute approximate surface area is 272 Å². The van der Waals surface area contributed by atoms with Crippen molar-refractivity contribution in [2.75, 3.05) is 43.5 Å². The molecule has 8 nitrogen and oxygen atoms in total. The molecule has 3 aliphatic heterocycles. The predicted molar refractivity (Wildman–Crippen MR) is 166 cm³/mol. The van der Waals surface area contributed by atoms with Crippen molar-refractivity contribution in [3.8, 4) is 29.0 Å². The van der Waals surface area contributed by atoms with E-state index in [0.29, 0.717) is 13.0 Å². The zero-order chi connectivity index (χ0) is 33.4. The number of fused-ring (bicyclic) bond motifs is 2. The van der Waals surface area contributed by atoms with Crippen LogP contribution in [0.4, 0.5) is 37.2 Å². The Balaban J connectivity index is 1.48. The van der Waals surface area contributed by atoms with Crippen molar-refractivity contribution in [1.82, 2.24) is 14.9 Å². The molecule has 0 aliphatic carbocycles. The molecule has 2 saturated heterocycles. The molecule has 0 radical (unpaired) electrons. The highest BCUT2D eigenvalue weighted by Crippen LogP contribution is 2.51. The molecule has 246 valence electrons. The number of nitrogens with two attached hydrogens (primary N) is 1. The van der Waals surface area contributed by atoms with Gasteiger partial charge in [0.1, 0.15) is 54.2 Å². The fraction of sp³-hybridized carbons (Fsp3) is 0.387. The molecule has 0 bridgehead atoms. The number of hydrogen-bond donors (Lipinski definition) is 1. The second-order valence-electron chi connectivity index (χ2n) is 11.9. The molecule has 16 heteroatoms. The van der Waals surface area contributed by atoms with Crippen LogP contribution in [0, 0.1) is 23.0 Å². The molecule has 0 unspecified atom stereocenters. The van der Waals surface area contributed by atoms with Gasteiger partial charge in [-0.25, -0.2) is 13.2 Å². The third-order valence-corrected chi connectivity index (χ3v) is 10.5. The SMILES string of the molecule is C=C[C@H]1COc2c(Cl)c(-c3ccc(F)c4sc(N)c(C#N)c34)c(F)c3nc(OC[C@@]45CCCN4C[C@H](F)C5)nc(c23)N1CC(F)(F)F. The lowest BCUT2D eigenvalue weighted by molar-refractivity contribution is -0.120. The normalized spacial score (nSPS) is 22.7. The highest BCUT2D eigenvalue weighted by molar-refractivity contribution is 7.23. The van der Waals surface area contributed by atoms with Crippen LogP contribution in [0.1, 0.15) is 24.8 Å². The maximum atomic E-state index is 17.0. The van der Waals surface area contributed by atoms with Crippen molar-refractivity contribution >= 4 is 54.7 Å². The summed E-state index contributed by atoms with van der Waals surface area (Å²) in [4.78, 5) is 11.5. The smallest absolute Gasteiger partial charge is 0.405 e. The molecule has 2 aromatic carbocycles. The highest BCUT2D eigenvalue weighted by atomic mass is 35.5. The monoisotopic (exact) mass is 694 g/mol. The summed E-state index contributed by atoms with van der Waals surface area (Å²) in [6, 6.07) is 2.69. The maximum absolute atomic E-state index is 17.0. The first-order chi connectivity index (χ1) is 22.4. The van der Waals surface area contributed by atoms with Gasteiger partial charge in [0, 0.05) is 23.9 Å². The van der Waals surface area contributed by atoms with Gasteiger partial charge in [0.2, 0.25) is 0 Å². The third-order valence-electron chi connectivity index (χ3n) is 9.07. The Morgan fingerprint density at radius 1 is 1.28 bits per heavy atom. The van der Waals surface area contributed by atoms with Crippen LogP contribution in [0.2, 0.25) is 5.02 Å². The van der Waals surface area contributed by atoms with Gasteiger partial charge in [0.15, 0.2) is 11.6 Å². The van der Waals surface area contributed by atoms with Gasteiger partial charge in [-0.15, -0.1) is 17.9 Å². The molecule has 3 atom stereocenters. The maximum Gasteiger partial charge on any atom is 0.405 e. The second kappa shape index (κ2) is 11.3. The van der Waals surface area contributed by atoms with Gasteiger partial charge in [0.25, 0.3) is 0 Å². The Hall–Kier alpha value is -4.00. The first-order valence-corrected chi connectivity index (χ1v) is 15.8. The number of aromatic nitrogens is 2. The van der Waals surface area contributed by atoms with Crippen LogP contribution in [0.3, 0.4) is 0 Å². The number of hydrogen-bond acceptors (Lipinski definition) is 9. The van der Waals surface area contributed by atoms with Crippen molar-refractivity contribution in [1.29, 1.82) is 5.26 Å². The van der Waals surface area contributed by atoms with Crippen molar-refractivity contribution in [3.05, 3.63) is 47.0 Å². The number of rotatable bonds is 6. The van der Waals surface area contributed by atoms with E-state index in [1.807, 2.05) is 11.0 Å². The first kappa shape index (κ1) is 31.6. The number of nitriles is 1.